The third-order valence-electron chi connectivity index (χ3n) is 3.73. The van der Waals surface area contributed by atoms with E-state index in [1.165, 1.54) is 24.9 Å². The van der Waals surface area contributed by atoms with Gasteiger partial charge in [-0.1, -0.05) is 19.9 Å². The number of benzene rings is 1. The van der Waals surface area contributed by atoms with Crippen molar-refractivity contribution in [2.24, 2.45) is 5.92 Å². The van der Waals surface area contributed by atoms with Gasteiger partial charge in [0.15, 0.2) is 0 Å². The first kappa shape index (κ1) is 13.3. The fourth-order valence-electron chi connectivity index (χ4n) is 2.24. The number of ether oxygens (including phenoxy) is 1. The molecule has 1 saturated carbocycles. The highest BCUT2D eigenvalue weighted by Gasteiger charge is 2.29. The summed E-state index contributed by atoms with van der Waals surface area (Å²) in [5, 5.41) is 3.64. The predicted molar refractivity (Wildman–Crippen MR) is 77.2 cm³/mol. The van der Waals surface area contributed by atoms with E-state index in [9.17, 15) is 0 Å². The van der Waals surface area contributed by atoms with Crippen molar-refractivity contribution < 1.29 is 4.74 Å². The van der Waals surface area contributed by atoms with Crippen molar-refractivity contribution in [2.75, 3.05) is 5.32 Å². The number of hydrogen-bond donors (Lipinski definition) is 1. The molecule has 1 aliphatic carbocycles. The molecule has 0 radical (unpaired) electrons. The molecular formula is C16H25NO. The van der Waals surface area contributed by atoms with Crippen LogP contribution in [0, 0.1) is 5.92 Å². The van der Waals surface area contributed by atoms with Crippen molar-refractivity contribution in [1.29, 1.82) is 0 Å². The van der Waals surface area contributed by atoms with Crippen molar-refractivity contribution in [3.8, 4) is 5.75 Å². The number of hydrogen-bond acceptors (Lipinski definition) is 2. The molecule has 0 bridgehead atoms. The van der Waals surface area contributed by atoms with Crippen molar-refractivity contribution in [3.63, 3.8) is 0 Å². The van der Waals surface area contributed by atoms with Gasteiger partial charge in [-0.3, -0.25) is 0 Å². The Hall–Kier alpha value is -1.18. The largest absolute Gasteiger partial charge is 0.491 e. The summed E-state index contributed by atoms with van der Waals surface area (Å²) in [5.41, 5.74) is 1.19. The lowest BCUT2D eigenvalue weighted by molar-refractivity contribution is 0.217. The van der Waals surface area contributed by atoms with E-state index in [1.54, 1.807) is 0 Å². The maximum Gasteiger partial charge on any atom is 0.121 e. The maximum absolute atomic E-state index is 5.86. The molecule has 2 rings (SSSR count). The highest BCUT2D eigenvalue weighted by atomic mass is 16.5. The van der Waals surface area contributed by atoms with E-state index in [-0.39, 0.29) is 6.10 Å². The molecule has 2 atom stereocenters. The highest BCUT2D eigenvalue weighted by molar-refractivity contribution is 5.49. The summed E-state index contributed by atoms with van der Waals surface area (Å²) in [6.45, 7) is 6.52. The molecule has 1 fully saturated rings. The molecule has 100 valence electrons. The van der Waals surface area contributed by atoms with Crippen LogP contribution in [0.3, 0.4) is 0 Å². The summed E-state index contributed by atoms with van der Waals surface area (Å²) in [4.78, 5) is 0. The SMILES string of the molecule is CCC(C)Oc1cccc(NC(CC)C2CC2)c1. The van der Waals surface area contributed by atoms with E-state index >= 15 is 0 Å². The molecule has 0 spiro atoms. The standard InChI is InChI=1S/C16H25NO/c1-4-12(3)18-15-8-6-7-14(11-15)17-16(5-2)13-9-10-13/h6-8,11-13,16-17H,4-5,9-10H2,1-3H3. The lowest BCUT2D eigenvalue weighted by atomic mass is 10.1. The first-order valence-corrected chi connectivity index (χ1v) is 7.26. The molecule has 2 heteroatoms. The molecular weight excluding hydrogens is 222 g/mol. The summed E-state index contributed by atoms with van der Waals surface area (Å²) < 4.78 is 5.86. The Morgan fingerprint density at radius 3 is 2.67 bits per heavy atom. The fraction of sp³-hybridized carbons (Fsp3) is 0.625. The van der Waals surface area contributed by atoms with E-state index in [2.05, 4.69) is 44.3 Å². The minimum Gasteiger partial charge on any atom is -0.491 e. The Balaban J connectivity index is 1.97. The van der Waals surface area contributed by atoms with Crippen LogP contribution in [0.15, 0.2) is 24.3 Å². The van der Waals surface area contributed by atoms with Gasteiger partial charge in [0.05, 0.1) is 6.10 Å². The summed E-state index contributed by atoms with van der Waals surface area (Å²) in [6.07, 6.45) is 5.28. The van der Waals surface area contributed by atoms with Gasteiger partial charge < -0.3 is 10.1 Å². The first-order valence-electron chi connectivity index (χ1n) is 7.26. The van der Waals surface area contributed by atoms with Crippen LogP contribution in [0.25, 0.3) is 0 Å². The van der Waals surface area contributed by atoms with Gasteiger partial charge in [0.25, 0.3) is 0 Å². The molecule has 2 nitrogen and oxygen atoms in total. The third-order valence-corrected chi connectivity index (χ3v) is 3.73. The minimum atomic E-state index is 0.283. The van der Waals surface area contributed by atoms with Gasteiger partial charge >= 0.3 is 0 Å². The normalized spacial score (nSPS) is 18.2. The van der Waals surface area contributed by atoms with Crippen molar-refractivity contribution in [2.45, 2.75) is 58.6 Å². The summed E-state index contributed by atoms with van der Waals surface area (Å²) in [5.74, 6) is 1.86. The second-order valence-electron chi connectivity index (χ2n) is 5.36. The molecule has 0 amide bonds. The van der Waals surface area contributed by atoms with Gasteiger partial charge in [0, 0.05) is 17.8 Å². The van der Waals surface area contributed by atoms with Crippen LogP contribution < -0.4 is 10.1 Å². The van der Waals surface area contributed by atoms with Gasteiger partial charge in [-0.25, -0.2) is 0 Å². The van der Waals surface area contributed by atoms with E-state index in [1.807, 2.05) is 6.07 Å². The van der Waals surface area contributed by atoms with Crippen LogP contribution in [0.2, 0.25) is 0 Å². The average molecular weight is 247 g/mol. The van der Waals surface area contributed by atoms with E-state index in [4.69, 9.17) is 4.74 Å². The molecule has 1 aliphatic rings. The Kier molecular flexibility index (Phi) is 4.51. The van der Waals surface area contributed by atoms with Gasteiger partial charge in [0.2, 0.25) is 0 Å². The Labute approximate surface area is 111 Å². The molecule has 1 aromatic rings. The lowest BCUT2D eigenvalue weighted by Gasteiger charge is -2.19. The Morgan fingerprint density at radius 1 is 1.28 bits per heavy atom. The zero-order valence-electron chi connectivity index (χ0n) is 11.8. The van der Waals surface area contributed by atoms with E-state index in [0.29, 0.717) is 6.04 Å². The van der Waals surface area contributed by atoms with Crippen LogP contribution in [0.1, 0.15) is 46.5 Å². The number of nitrogens with one attached hydrogen (secondary N) is 1. The molecule has 1 N–H and O–H groups in total. The van der Waals surface area contributed by atoms with Crippen LogP contribution in [-0.2, 0) is 0 Å². The summed E-state index contributed by atoms with van der Waals surface area (Å²) in [6, 6.07) is 8.99. The quantitative estimate of drug-likeness (QED) is 0.768. The third kappa shape index (κ3) is 3.66. The van der Waals surface area contributed by atoms with Crippen LogP contribution in [-0.4, -0.2) is 12.1 Å². The first-order chi connectivity index (χ1) is 8.72. The van der Waals surface area contributed by atoms with Gasteiger partial charge in [-0.2, -0.15) is 0 Å². The number of anilines is 1. The molecule has 0 aliphatic heterocycles. The maximum atomic E-state index is 5.86. The van der Waals surface area contributed by atoms with E-state index in [0.717, 1.165) is 18.1 Å². The molecule has 1 aromatic carbocycles. The van der Waals surface area contributed by atoms with Gasteiger partial charge in [-0.15, -0.1) is 0 Å². The molecule has 0 heterocycles. The van der Waals surface area contributed by atoms with Crippen LogP contribution in [0.4, 0.5) is 5.69 Å². The molecule has 0 saturated heterocycles. The zero-order chi connectivity index (χ0) is 13.0. The lowest BCUT2D eigenvalue weighted by Crippen LogP contribution is -2.20. The average Bonchev–Trinajstić information content (AvgIpc) is 3.20. The second-order valence-corrected chi connectivity index (χ2v) is 5.36. The smallest absolute Gasteiger partial charge is 0.121 e. The minimum absolute atomic E-state index is 0.283. The Morgan fingerprint density at radius 2 is 2.06 bits per heavy atom. The Bertz CT molecular complexity index is 373. The monoisotopic (exact) mass is 247 g/mol. The second kappa shape index (κ2) is 6.12. The molecule has 0 aromatic heterocycles. The van der Waals surface area contributed by atoms with Crippen molar-refractivity contribution >= 4 is 5.69 Å². The van der Waals surface area contributed by atoms with Crippen molar-refractivity contribution in [3.05, 3.63) is 24.3 Å². The van der Waals surface area contributed by atoms with Crippen LogP contribution >= 0.6 is 0 Å². The predicted octanol–water partition coefficient (Wildman–Crippen LogP) is 4.46. The molecule has 18 heavy (non-hydrogen) atoms. The van der Waals surface area contributed by atoms with Crippen LogP contribution in [0.5, 0.6) is 5.75 Å². The molecule has 2 unspecified atom stereocenters. The van der Waals surface area contributed by atoms with Gasteiger partial charge in [-0.05, 0) is 50.7 Å². The van der Waals surface area contributed by atoms with Crippen molar-refractivity contribution in [1.82, 2.24) is 0 Å². The highest BCUT2D eigenvalue weighted by Crippen LogP contribution is 2.35. The summed E-state index contributed by atoms with van der Waals surface area (Å²) >= 11 is 0. The fourth-order valence-corrected chi connectivity index (χ4v) is 2.24. The van der Waals surface area contributed by atoms with Gasteiger partial charge in [0.1, 0.15) is 5.75 Å². The summed E-state index contributed by atoms with van der Waals surface area (Å²) in [7, 11) is 0. The topological polar surface area (TPSA) is 21.3 Å². The zero-order valence-corrected chi connectivity index (χ0v) is 11.8. The number of rotatable bonds is 7. The van der Waals surface area contributed by atoms with E-state index < -0.39 is 0 Å².